The predicted octanol–water partition coefficient (Wildman–Crippen LogP) is 3.56. The maximum absolute atomic E-state index is 12.0. The SMILES string of the molecule is COC(=O)Cc1cc(Cl)cc(OCc2ccccc2)c1S(=O)(=O)Cl. The number of carbonyl (C=O) groups is 1. The van der Waals surface area contributed by atoms with Crippen LogP contribution in [0.15, 0.2) is 47.4 Å². The van der Waals surface area contributed by atoms with Crippen molar-refractivity contribution in [1.29, 1.82) is 0 Å². The molecule has 0 aliphatic carbocycles. The third-order valence-electron chi connectivity index (χ3n) is 3.14. The molecule has 0 N–H and O–H groups in total. The summed E-state index contributed by atoms with van der Waals surface area (Å²) < 4.78 is 34.1. The van der Waals surface area contributed by atoms with Crippen LogP contribution in [0.2, 0.25) is 5.02 Å². The van der Waals surface area contributed by atoms with E-state index in [0.29, 0.717) is 0 Å². The predicted molar refractivity (Wildman–Crippen MR) is 91.0 cm³/mol. The Bertz CT molecular complexity index is 835. The third kappa shape index (κ3) is 4.87. The van der Waals surface area contributed by atoms with Gasteiger partial charge >= 0.3 is 5.97 Å². The summed E-state index contributed by atoms with van der Waals surface area (Å²) in [5.41, 5.74) is 0.956. The lowest BCUT2D eigenvalue weighted by Gasteiger charge is -2.14. The van der Waals surface area contributed by atoms with Crippen molar-refractivity contribution in [3.63, 3.8) is 0 Å². The zero-order valence-corrected chi connectivity index (χ0v) is 15.0. The molecule has 0 aliphatic rings. The van der Waals surface area contributed by atoms with Crippen LogP contribution in [0.5, 0.6) is 5.75 Å². The zero-order chi connectivity index (χ0) is 17.7. The Hall–Kier alpha value is -1.76. The molecule has 2 rings (SSSR count). The van der Waals surface area contributed by atoms with Gasteiger partial charge in [0, 0.05) is 21.8 Å². The fraction of sp³-hybridized carbons (Fsp3) is 0.188. The van der Waals surface area contributed by atoms with E-state index >= 15 is 0 Å². The van der Waals surface area contributed by atoms with Gasteiger partial charge in [0.1, 0.15) is 17.3 Å². The lowest BCUT2D eigenvalue weighted by molar-refractivity contribution is -0.139. The summed E-state index contributed by atoms with van der Waals surface area (Å²) >= 11 is 6.01. The van der Waals surface area contributed by atoms with Gasteiger partial charge in [-0.15, -0.1) is 0 Å². The highest BCUT2D eigenvalue weighted by Crippen LogP contribution is 2.34. The first kappa shape index (κ1) is 18.6. The minimum absolute atomic E-state index is 0.0137. The summed E-state index contributed by atoms with van der Waals surface area (Å²) in [4.78, 5) is 11.2. The van der Waals surface area contributed by atoms with E-state index < -0.39 is 15.0 Å². The molecule has 0 amide bonds. The third-order valence-corrected chi connectivity index (χ3v) is 4.77. The molecule has 2 aromatic rings. The molecule has 2 aromatic carbocycles. The number of rotatable bonds is 6. The van der Waals surface area contributed by atoms with Crippen LogP contribution in [0, 0.1) is 0 Å². The molecule has 0 aromatic heterocycles. The molecular formula is C16H14Cl2O5S. The van der Waals surface area contributed by atoms with E-state index in [4.69, 9.17) is 27.0 Å². The van der Waals surface area contributed by atoms with Gasteiger partial charge in [0.15, 0.2) is 0 Å². The molecule has 0 aliphatic heterocycles. The number of hydrogen-bond donors (Lipinski definition) is 0. The zero-order valence-electron chi connectivity index (χ0n) is 12.7. The molecule has 0 atom stereocenters. The summed E-state index contributed by atoms with van der Waals surface area (Å²) in [6, 6.07) is 11.9. The van der Waals surface area contributed by atoms with Crippen molar-refractivity contribution in [2.75, 3.05) is 7.11 Å². The Morgan fingerprint density at radius 3 is 2.42 bits per heavy atom. The summed E-state index contributed by atoms with van der Waals surface area (Å²) in [6.07, 6.45) is -0.292. The van der Waals surface area contributed by atoms with Gasteiger partial charge in [-0.2, -0.15) is 0 Å². The van der Waals surface area contributed by atoms with Gasteiger partial charge in [-0.1, -0.05) is 41.9 Å². The molecule has 24 heavy (non-hydrogen) atoms. The Balaban J connectivity index is 2.43. The fourth-order valence-electron chi connectivity index (χ4n) is 2.10. The summed E-state index contributed by atoms with van der Waals surface area (Å²) in [6.45, 7) is 0.123. The van der Waals surface area contributed by atoms with Crippen molar-refractivity contribution < 1.29 is 22.7 Å². The van der Waals surface area contributed by atoms with Crippen molar-refractivity contribution in [3.05, 3.63) is 58.6 Å². The van der Waals surface area contributed by atoms with Crippen molar-refractivity contribution in [3.8, 4) is 5.75 Å². The van der Waals surface area contributed by atoms with Crippen molar-refractivity contribution >= 4 is 37.3 Å². The van der Waals surface area contributed by atoms with E-state index in [0.717, 1.165) is 5.56 Å². The lowest BCUT2D eigenvalue weighted by atomic mass is 10.1. The number of methoxy groups -OCH3 is 1. The minimum atomic E-state index is -4.16. The topological polar surface area (TPSA) is 69.7 Å². The second-order valence-electron chi connectivity index (χ2n) is 4.86. The van der Waals surface area contributed by atoms with Crippen LogP contribution in [0.4, 0.5) is 0 Å². The van der Waals surface area contributed by atoms with Crippen LogP contribution in [-0.2, 0) is 31.6 Å². The molecular weight excluding hydrogens is 375 g/mol. The van der Waals surface area contributed by atoms with Crippen molar-refractivity contribution in [1.82, 2.24) is 0 Å². The number of halogens is 2. The van der Waals surface area contributed by atoms with E-state index in [1.807, 2.05) is 30.3 Å². The smallest absolute Gasteiger partial charge is 0.310 e. The van der Waals surface area contributed by atoms with Crippen LogP contribution < -0.4 is 4.74 Å². The van der Waals surface area contributed by atoms with Crippen molar-refractivity contribution in [2.45, 2.75) is 17.9 Å². The van der Waals surface area contributed by atoms with E-state index in [1.54, 1.807) is 0 Å². The van der Waals surface area contributed by atoms with E-state index in [9.17, 15) is 13.2 Å². The highest BCUT2D eigenvalue weighted by Gasteiger charge is 2.24. The lowest BCUT2D eigenvalue weighted by Crippen LogP contribution is -2.10. The molecule has 8 heteroatoms. The van der Waals surface area contributed by atoms with E-state index in [2.05, 4.69) is 4.74 Å². The summed E-state index contributed by atoms with van der Waals surface area (Å²) in [7, 11) is 2.57. The molecule has 0 saturated carbocycles. The summed E-state index contributed by atoms with van der Waals surface area (Å²) in [5, 5.41) is 0.223. The molecule has 0 fully saturated rings. The van der Waals surface area contributed by atoms with Gasteiger partial charge in [0.25, 0.3) is 9.05 Å². The van der Waals surface area contributed by atoms with Gasteiger partial charge in [-0.3, -0.25) is 4.79 Å². The Morgan fingerprint density at radius 2 is 1.83 bits per heavy atom. The number of esters is 1. The standard InChI is InChI=1S/C16H14Cl2O5S/c1-22-15(19)8-12-7-13(17)9-14(16(12)24(18,20)21)23-10-11-5-3-2-4-6-11/h2-7,9H,8,10H2,1H3. The average molecular weight is 389 g/mol. The first-order valence-electron chi connectivity index (χ1n) is 6.82. The highest BCUT2D eigenvalue weighted by atomic mass is 35.7. The van der Waals surface area contributed by atoms with Crippen molar-refractivity contribution in [2.24, 2.45) is 0 Å². The molecule has 0 unspecified atom stereocenters. The van der Waals surface area contributed by atoms with Crippen LogP contribution in [0.1, 0.15) is 11.1 Å². The number of ether oxygens (including phenoxy) is 2. The molecule has 0 radical (unpaired) electrons. The normalized spacial score (nSPS) is 11.1. The minimum Gasteiger partial charge on any atom is -0.487 e. The van der Waals surface area contributed by atoms with Gasteiger partial charge < -0.3 is 9.47 Å². The average Bonchev–Trinajstić information content (AvgIpc) is 2.52. The van der Waals surface area contributed by atoms with Crippen LogP contribution >= 0.6 is 22.3 Å². The molecule has 0 heterocycles. The monoisotopic (exact) mass is 388 g/mol. The molecule has 128 valence electrons. The van der Waals surface area contributed by atoms with Crippen LogP contribution in [0.3, 0.4) is 0 Å². The van der Waals surface area contributed by atoms with E-state index in [1.165, 1.54) is 19.2 Å². The molecule has 0 saturated heterocycles. The maximum atomic E-state index is 12.0. The first-order chi connectivity index (χ1) is 11.3. The molecule has 0 spiro atoms. The Labute approximate surface area is 149 Å². The Kier molecular flexibility index (Phi) is 6.10. The highest BCUT2D eigenvalue weighted by molar-refractivity contribution is 8.13. The van der Waals surface area contributed by atoms with Crippen LogP contribution in [-0.4, -0.2) is 21.5 Å². The number of benzene rings is 2. The van der Waals surface area contributed by atoms with Gasteiger partial charge in [0.05, 0.1) is 13.5 Å². The molecule has 0 bridgehead atoms. The van der Waals surface area contributed by atoms with Crippen LogP contribution in [0.25, 0.3) is 0 Å². The van der Waals surface area contributed by atoms with Gasteiger partial charge in [-0.05, 0) is 17.2 Å². The van der Waals surface area contributed by atoms with Gasteiger partial charge in [-0.25, -0.2) is 8.42 Å². The number of carbonyl (C=O) groups excluding carboxylic acids is 1. The Morgan fingerprint density at radius 1 is 1.17 bits per heavy atom. The molecule has 5 nitrogen and oxygen atoms in total. The van der Waals surface area contributed by atoms with E-state index in [-0.39, 0.29) is 34.3 Å². The second kappa shape index (κ2) is 7.88. The largest absolute Gasteiger partial charge is 0.487 e. The fourth-order valence-corrected chi connectivity index (χ4v) is 3.66. The summed E-state index contributed by atoms with van der Waals surface area (Å²) in [5.74, 6) is -0.631. The first-order valence-corrected chi connectivity index (χ1v) is 9.50. The van der Waals surface area contributed by atoms with Gasteiger partial charge in [0.2, 0.25) is 0 Å². The quantitative estimate of drug-likeness (QED) is 0.558. The maximum Gasteiger partial charge on any atom is 0.310 e. The number of hydrogen-bond acceptors (Lipinski definition) is 5. The second-order valence-corrected chi connectivity index (χ2v) is 7.80.